The molecule has 1 aromatic carbocycles. The summed E-state index contributed by atoms with van der Waals surface area (Å²) in [6.45, 7) is 5.22. The van der Waals surface area contributed by atoms with Crippen molar-refractivity contribution in [2.75, 3.05) is 43.9 Å². The Labute approximate surface area is 156 Å². The third-order valence-electron chi connectivity index (χ3n) is 4.13. The number of rotatable bonds is 6. The standard InChI is InChI=1S/C17H22N4O2S2/c18-15-14(16(22)19-13-5-2-1-3-6-13)25-17(24)21(15)8-4-7-20-9-11-23-12-10-20/h1-3,5-6H,4,7-12,18H2,(H,19,22). The molecule has 8 heteroatoms. The quantitative estimate of drug-likeness (QED) is 0.756. The van der Waals surface area contributed by atoms with Crippen molar-refractivity contribution in [3.63, 3.8) is 0 Å². The first-order chi connectivity index (χ1) is 12.1. The van der Waals surface area contributed by atoms with Gasteiger partial charge in [-0.25, -0.2) is 0 Å². The van der Waals surface area contributed by atoms with Crippen LogP contribution in [0.2, 0.25) is 0 Å². The first kappa shape index (κ1) is 18.1. The van der Waals surface area contributed by atoms with Gasteiger partial charge in [-0.15, -0.1) is 0 Å². The Kier molecular flexibility index (Phi) is 6.19. The largest absolute Gasteiger partial charge is 0.384 e. The number of thiazole rings is 1. The molecule has 0 unspecified atom stereocenters. The van der Waals surface area contributed by atoms with Gasteiger partial charge in [0, 0.05) is 31.9 Å². The van der Waals surface area contributed by atoms with E-state index in [1.807, 2.05) is 34.9 Å². The number of ether oxygens (including phenoxy) is 1. The molecule has 1 aliphatic heterocycles. The molecule has 0 spiro atoms. The van der Waals surface area contributed by atoms with E-state index in [1.54, 1.807) is 0 Å². The Morgan fingerprint density at radius 1 is 1.24 bits per heavy atom. The molecular weight excluding hydrogens is 356 g/mol. The zero-order valence-corrected chi connectivity index (χ0v) is 15.6. The van der Waals surface area contributed by atoms with Crippen LogP contribution in [0.3, 0.4) is 0 Å². The Morgan fingerprint density at radius 2 is 1.96 bits per heavy atom. The van der Waals surface area contributed by atoms with E-state index < -0.39 is 0 Å². The fraction of sp³-hybridized carbons (Fsp3) is 0.412. The lowest BCUT2D eigenvalue weighted by molar-refractivity contribution is 0.0369. The van der Waals surface area contributed by atoms with Gasteiger partial charge in [-0.3, -0.25) is 9.69 Å². The highest BCUT2D eigenvalue weighted by molar-refractivity contribution is 7.73. The van der Waals surface area contributed by atoms with Crippen LogP contribution in [0.5, 0.6) is 0 Å². The smallest absolute Gasteiger partial charge is 0.269 e. The number of hydrogen-bond donors (Lipinski definition) is 2. The van der Waals surface area contributed by atoms with Crippen LogP contribution in [0.25, 0.3) is 0 Å². The van der Waals surface area contributed by atoms with E-state index in [-0.39, 0.29) is 5.91 Å². The third-order valence-corrected chi connectivity index (χ3v) is 5.59. The average molecular weight is 379 g/mol. The van der Waals surface area contributed by atoms with E-state index in [0.29, 0.717) is 14.6 Å². The molecule has 25 heavy (non-hydrogen) atoms. The topological polar surface area (TPSA) is 72.5 Å². The lowest BCUT2D eigenvalue weighted by atomic mass is 10.3. The number of nitrogens with zero attached hydrogens (tertiary/aromatic N) is 2. The van der Waals surface area contributed by atoms with Crippen LogP contribution < -0.4 is 11.1 Å². The summed E-state index contributed by atoms with van der Waals surface area (Å²) in [5.41, 5.74) is 6.93. The van der Waals surface area contributed by atoms with Gasteiger partial charge in [0.1, 0.15) is 10.7 Å². The molecule has 3 rings (SSSR count). The van der Waals surface area contributed by atoms with Crippen LogP contribution in [0.4, 0.5) is 11.5 Å². The fourth-order valence-corrected chi connectivity index (χ4v) is 4.05. The summed E-state index contributed by atoms with van der Waals surface area (Å²) in [4.78, 5) is 15.3. The number of nitrogens with two attached hydrogens (primary N) is 1. The van der Waals surface area contributed by atoms with Gasteiger partial charge in [-0.1, -0.05) is 29.5 Å². The van der Waals surface area contributed by atoms with Crippen molar-refractivity contribution in [2.24, 2.45) is 0 Å². The Bertz CT molecular complexity index is 767. The maximum Gasteiger partial charge on any atom is 0.269 e. The molecule has 3 N–H and O–H groups in total. The van der Waals surface area contributed by atoms with Crippen molar-refractivity contribution in [1.82, 2.24) is 9.47 Å². The first-order valence-corrected chi connectivity index (χ1v) is 9.53. The molecular formula is C17H22N4O2S2. The third kappa shape index (κ3) is 4.66. The van der Waals surface area contributed by atoms with E-state index in [2.05, 4.69) is 10.2 Å². The van der Waals surface area contributed by atoms with Crippen LogP contribution >= 0.6 is 23.6 Å². The summed E-state index contributed by atoms with van der Waals surface area (Å²) in [6, 6.07) is 9.33. The van der Waals surface area contributed by atoms with Gasteiger partial charge in [-0.05, 0) is 30.8 Å². The average Bonchev–Trinajstić information content (AvgIpc) is 2.92. The molecule has 0 aliphatic carbocycles. The summed E-state index contributed by atoms with van der Waals surface area (Å²) in [5, 5.41) is 2.86. The van der Waals surface area contributed by atoms with Crippen LogP contribution in [0.1, 0.15) is 16.1 Å². The molecule has 1 aromatic heterocycles. The van der Waals surface area contributed by atoms with Crippen molar-refractivity contribution in [3.8, 4) is 0 Å². The minimum Gasteiger partial charge on any atom is -0.384 e. The summed E-state index contributed by atoms with van der Waals surface area (Å²) in [6.07, 6.45) is 0.939. The van der Waals surface area contributed by atoms with Crippen LogP contribution in [0, 0.1) is 3.95 Å². The molecule has 134 valence electrons. The lowest BCUT2D eigenvalue weighted by Gasteiger charge is -2.26. The SMILES string of the molecule is Nc1c(C(=O)Nc2ccccc2)sc(=S)n1CCCN1CCOCC1. The normalized spacial score (nSPS) is 15.2. The van der Waals surface area contributed by atoms with E-state index >= 15 is 0 Å². The van der Waals surface area contributed by atoms with Crippen LogP contribution in [-0.4, -0.2) is 48.2 Å². The number of hydrogen-bond acceptors (Lipinski definition) is 6. The van der Waals surface area contributed by atoms with Crippen LogP contribution in [-0.2, 0) is 11.3 Å². The summed E-state index contributed by atoms with van der Waals surface area (Å²) in [7, 11) is 0. The number of nitrogens with one attached hydrogen (secondary N) is 1. The second-order valence-electron chi connectivity index (χ2n) is 5.86. The van der Waals surface area contributed by atoms with Crippen molar-refractivity contribution >= 4 is 41.0 Å². The summed E-state index contributed by atoms with van der Waals surface area (Å²) >= 11 is 6.66. The van der Waals surface area contributed by atoms with Crippen molar-refractivity contribution in [3.05, 3.63) is 39.2 Å². The number of para-hydroxylation sites is 1. The van der Waals surface area contributed by atoms with E-state index in [0.717, 1.165) is 51.5 Å². The minimum atomic E-state index is -0.216. The van der Waals surface area contributed by atoms with Crippen molar-refractivity contribution < 1.29 is 9.53 Å². The van der Waals surface area contributed by atoms with E-state index in [1.165, 1.54) is 11.3 Å². The second kappa shape index (κ2) is 8.57. The molecule has 0 bridgehead atoms. The first-order valence-electron chi connectivity index (χ1n) is 8.31. The molecule has 0 atom stereocenters. The molecule has 2 aromatic rings. The van der Waals surface area contributed by atoms with Crippen molar-refractivity contribution in [1.29, 1.82) is 0 Å². The highest BCUT2D eigenvalue weighted by Crippen LogP contribution is 2.24. The minimum absolute atomic E-state index is 0.216. The van der Waals surface area contributed by atoms with Gasteiger partial charge in [0.25, 0.3) is 5.91 Å². The Morgan fingerprint density at radius 3 is 2.68 bits per heavy atom. The molecule has 1 amide bonds. The van der Waals surface area contributed by atoms with Gasteiger partial charge in [0.2, 0.25) is 0 Å². The zero-order chi connectivity index (χ0) is 17.6. The number of anilines is 2. The molecule has 6 nitrogen and oxygen atoms in total. The number of aromatic nitrogens is 1. The van der Waals surface area contributed by atoms with Gasteiger partial charge in [-0.2, -0.15) is 0 Å². The summed E-state index contributed by atoms with van der Waals surface area (Å²) in [5.74, 6) is 0.233. The highest BCUT2D eigenvalue weighted by Gasteiger charge is 2.17. The molecule has 2 heterocycles. The molecule has 0 radical (unpaired) electrons. The second-order valence-corrected chi connectivity index (χ2v) is 7.51. The Balaban J connectivity index is 1.61. The van der Waals surface area contributed by atoms with Crippen LogP contribution in [0.15, 0.2) is 30.3 Å². The maximum atomic E-state index is 12.5. The monoisotopic (exact) mass is 378 g/mol. The predicted octanol–water partition coefficient (Wildman–Crippen LogP) is 2.84. The maximum absolute atomic E-state index is 12.5. The number of benzene rings is 1. The van der Waals surface area contributed by atoms with Crippen molar-refractivity contribution in [2.45, 2.75) is 13.0 Å². The zero-order valence-electron chi connectivity index (χ0n) is 13.9. The van der Waals surface area contributed by atoms with Gasteiger partial charge in [0.15, 0.2) is 3.95 Å². The number of carbonyl (C=O) groups is 1. The van der Waals surface area contributed by atoms with Gasteiger partial charge < -0.3 is 20.4 Å². The number of morpholine rings is 1. The Hall–Kier alpha value is -1.74. The number of carbonyl (C=O) groups excluding carboxylic acids is 1. The van der Waals surface area contributed by atoms with E-state index in [9.17, 15) is 4.79 Å². The number of amides is 1. The number of nitrogen functional groups attached to an aromatic ring is 1. The highest BCUT2D eigenvalue weighted by atomic mass is 32.1. The summed E-state index contributed by atoms with van der Waals surface area (Å²) < 4.78 is 7.85. The molecule has 1 aliphatic rings. The molecule has 0 saturated carbocycles. The lowest BCUT2D eigenvalue weighted by Crippen LogP contribution is -2.37. The van der Waals surface area contributed by atoms with E-state index in [4.69, 9.17) is 22.7 Å². The van der Waals surface area contributed by atoms with Gasteiger partial charge in [0.05, 0.1) is 13.2 Å². The molecule has 1 fully saturated rings. The molecule has 1 saturated heterocycles. The predicted molar refractivity (Wildman–Crippen MR) is 104 cm³/mol. The van der Waals surface area contributed by atoms with Gasteiger partial charge >= 0.3 is 0 Å². The fourth-order valence-electron chi connectivity index (χ4n) is 2.78.